The Morgan fingerprint density at radius 2 is 1.84 bits per heavy atom. The highest BCUT2D eigenvalue weighted by Crippen LogP contribution is 2.45. The predicted molar refractivity (Wildman–Crippen MR) is 119 cm³/mol. The number of carbonyl (C=O) groups is 1. The normalized spacial score (nSPS) is 26.2. The van der Waals surface area contributed by atoms with E-state index in [1.165, 1.54) is 19.3 Å². The summed E-state index contributed by atoms with van der Waals surface area (Å²) in [5.41, 5.74) is 0.274. The molecule has 5 rings (SSSR count). The molecule has 2 aromatic rings. The summed E-state index contributed by atoms with van der Waals surface area (Å²) in [6.45, 7) is 4.89. The number of pyridine rings is 1. The zero-order valence-electron chi connectivity index (χ0n) is 18.5. The molecule has 2 atom stereocenters. The average Bonchev–Trinajstić information content (AvgIpc) is 3.18. The van der Waals surface area contributed by atoms with E-state index in [-0.39, 0.29) is 11.5 Å². The minimum atomic E-state index is -0.973. The largest absolute Gasteiger partial charge is 0.484 e. The molecule has 1 N–H and O–H groups in total. The molecule has 0 unspecified atom stereocenters. The van der Waals surface area contributed by atoms with Crippen LogP contribution in [0.2, 0.25) is 0 Å². The zero-order chi connectivity index (χ0) is 21.8. The van der Waals surface area contributed by atoms with Gasteiger partial charge in [0.25, 0.3) is 5.56 Å². The van der Waals surface area contributed by atoms with Crippen molar-refractivity contribution in [1.29, 1.82) is 0 Å². The van der Waals surface area contributed by atoms with Crippen LogP contribution in [0.1, 0.15) is 70.4 Å². The van der Waals surface area contributed by atoms with Crippen LogP contribution >= 0.6 is 0 Å². The summed E-state index contributed by atoms with van der Waals surface area (Å²) < 4.78 is 8.18. The molecule has 1 aromatic carbocycles. The van der Waals surface area contributed by atoms with Gasteiger partial charge in [0.2, 0.25) is 5.91 Å². The topological polar surface area (TPSA) is 71.8 Å². The lowest BCUT2D eigenvalue weighted by Gasteiger charge is -2.45. The maximum atomic E-state index is 14.0. The molecule has 2 aliphatic heterocycles. The first kappa shape index (κ1) is 20.6. The van der Waals surface area contributed by atoms with E-state index in [2.05, 4.69) is 0 Å². The minimum Gasteiger partial charge on any atom is -0.484 e. The number of likely N-dealkylation sites (tertiary alicyclic amines) is 1. The average molecular weight is 425 g/mol. The molecule has 6 nitrogen and oxygen atoms in total. The van der Waals surface area contributed by atoms with E-state index in [0.717, 1.165) is 30.2 Å². The number of para-hydroxylation sites is 1. The van der Waals surface area contributed by atoms with E-state index in [9.17, 15) is 14.7 Å². The second kappa shape index (κ2) is 7.66. The van der Waals surface area contributed by atoms with Crippen LogP contribution in [-0.4, -0.2) is 38.7 Å². The quantitative estimate of drug-likeness (QED) is 0.814. The van der Waals surface area contributed by atoms with Crippen LogP contribution < -0.4 is 10.3 Å². The number of aliphatic hydroxyl groups is 1. The first-order chi connectivity index (χ1) is 14.9. The Bertz CT molecular complexity index is 1070. The van der Waals surface area contributed by atoms with Crippen molar-refractivity contribution in [3.63, 3.8) is 0 Å². The highest BCUT2D eigenvalue weighted by molar-refractivity contribution is 5.88. The molecule has 3 heterocycles. The summed E-state index contributed by atoms with van der Waals surface area (Å²) in [5, 5.41) is 12.1. The number of ether oxygens (including phenoxy) is 1. The molecule has 0 spiro atoms. The Morgan fingerprint density at radius 1 is 1.10 bits per heavy atom. The van der Waals surface area contributed by atoms with Crippen LogP contribution in [0.4, 0.5) is 0 Å². The summed E-state index contributed by atoms with van der Waals surface area (Å²) in [4.78, 5) is 28.4. The van der Waals surface area contributed by atoms with Gasteiger partial charge in [0.15, 0.2) is 0 Å². The van der Waals surface area contributed by atoms with Crippen molar-refractivity contribution in [2.24, 2.45) is 5.92 Å². The van der Waals surface area contributed by atoms with Gasteiger partial charge in [0.05, 0.1) is 17.1 Å². The maximum absolute atomic E-state index is 14.0. The molecule has 1 aromatic heterocycles. The summed E-state index contributed by atoms with van der Waals surface area (Å²) >= 11 is 0. The van der Waals surface area contributed by atoms with Gasteiger partial charge in [-0.1, -0.05) is 31.4 Å². The lowest BCUT2D eigenvalue weighted by Crippen LogP contribution is -2.56. The Balaban J connectivity index is 1.73. The van der Waals surface area contributed by atoms with Crippen molar-refractivity contribution in [3.8, 4) is 5.75 Å². The third-order valence-corrected chi connectivity index (χ3v) is 7.44. The number of fused-ring (bicyclic) bond motifs is 3. The fraction of sp³-hybridized carbons (Fsp3) is 0.600. The molecule has 6 heteroatoms. The van der Waals surface area contributed by atoms with E-state index in [0.29, 0.717) is 36.7 Å². The van der Waals surface area contributed by atoms with Gasteiger partial charge in [-0.25, -0.2) is 0 Å². The van der Waals surface area contributed by atoms with Crippen LogP contribution in [0, 0.1) is 5.92 Å². The van der Waals surface area contributed by atoms with Gasteiger partial charge in [0.1, 0.15) is 17.5 Å². The fourth-order valence-corrected chi connectivity index (χ4v) is 5.73. The van der Waals surface area contributed by atoms with Crippen molar-refractivity contribution < 1.29 is 14.6 Å². The summed E-state index contributed by atoms with van der Waals surface area (Å²) in [6.07, 6.45) is 6.21. The van der Waals surface area contributed by atoms with Crippen molar-refractivity contribution in [1.82, 2.24) is 9.47 Å². The second-order valence-electron chi connectivity index (χ2n) is 9.97. The molecule has 0 bridgehead atoms. The molecule has 2 fully saturated rings. The van der Waals surface area contributed by atoms with Crippen molar-refractivity contribution in [2.45, 2.75) is 83.1 Å². The van der Waals surface area contributed by atoms with Gasteiger partial charge in [0, 0.05) is 24.9 Å². The molecule has 3 aliphatic rings. The van der Waals surface area contributed by atoms with E-state index in [1.807, 2.05) is 42.7 Å². The number of benzene rings is 1. The van der Waals surface area contributed by atoms with Gasteiger partial charge < -0.3 is 19.3 Å². The number of amides is 1. The molecule has 1 amide bonds. The van der Waals surface area contributed by atoms with Crippen LogP contribution in [0.25, 0.3) is 10.9 Å². The van der Waals surface area contributed by atoms with Crippen molar-refractivity contribution in [2.75, 3.05) is 6.54 Å². The third kappa shape index (κ3) is 3.36. The predicted octanol–water partition coefficient (Wildman–Crippen LogP) is 3.78. The minimum absolute atomic E-state index is 0.000843. The Hall–Kier alpha value is -2.34. The number of aromatic nitrogens is 1. The number of hydrogen-bond acceptors (Lipinski definition) is 4. The molecule has 1 saturated carbocycles. The molecule has 166 valence electrons. The van der Waals surface area contributed by atoms with E-state index < -0.39 is 17.7 Å². The SMILES string of the molecule is CC1(C)Oc2c(c(=O)n(CC3CCCCC3)c3ccccc23)[C@H](N2CCCC2=O)[C@H]1O. The Morgan fingerprint density at radius 3 is 2.55 bits per heavy atom. The van der Waals surface area contributed by atoms with E-state index in [1.54, 1.807) is 4.90 Å². The van der Waals surface area contributed by atoms with Gasteiger partial charge in [-0.2, -0.15) is 0 Å². The lowest BCUT2D eigenvalue weighted by atomic mass is 9.85. The van der Waals surface area contributed by atoms with Gasteiger partial charge in [-0.15, -0.1) is 0 Å². The number of carbonyl (C=O) groups excluding carboxylic acids is 1. The molecular formula is C25H32N2O4. The highest BCUT2D eigenvalue weighted by Gasteiger charge is 2.49. The molecule has 31 heavy (non-hydrogen) atoms. The molecular weight excluding hydrogens is 392 g/mol. The van der Waals surface area contributed by atoms with Crippen LogP contribution in [0.3, 0.4) is 0 Å². The monoisotopic (exact) mass is 424 g/mol. The first-order valence-corrected chi connectivity index (χ1v) is 11.7. The van der Waals surface area contributed by atoms with E-state index in [4.69, 9.17) is 4.74 Å². The van der Waals surface area contributed by atoms with Gasteiger partial charge in [-0.3, -0.25) is 9.59 Å². The number of aliphatic hydroxyl groups excluding tert-OH is 1. The molecule has 0 radical (unpaired) electrons. The van der Waals surface area contributed by atoms with Crippen molar-refractivity contribution >= 4 is 16.8 Å². The zero-order valence-corrected chi connectivity index (χ0v) is 18.5. The summed E-state index contributed by atoms with van der Waals surface area (Å²) in [6, 6.07) is 7.20. The summed E-state index contributed by atoms with van der Waals surface area (Å²) in [5.74, 6) is 1.00. The maximum Gasteiger partial charge on any atom is 0.260 e. The van der Waals surface area contributed by atoms with Crippen molar-refractivity contribution in [3.05, 3.63) is 40.2 Å². The Labute approximate surface area is 182 Å². The fourth-order valence-electron chi connectivity index (χ4n) is 5.73. The third-order valence-electron chi connectivity index (χ3n) is 7.44. The van der Waals surface area contributed by atoms with Gasteiger partial charge >= 0.3 is 0 Å². The number of rotatable bonds is 3. The Kier molecular flexibility index (Phi) is 5.08. The number of nitrogens with zero attached hydrogens (tertiary/aromatic N) is 2. The van der Waals surface area contributed by atoms with Crippen LogP contribution in [0.15, 0.2) is 29.1 Å². The van der Waals surface area contributed by atoms with Crippen LogP contribution in [0.5, 0.6) is 5.75 Å². The van der Waals surface area contributed by atoms with Gasteiger partial charge in [-0.05, 0) is 51.2 Å². The van der Waals surface area contributed by atoms with E-state index >= 15 is 0 Å². The highest BCUT2D eigenvalue weighted by atomic mass is 16.5. The summed E-state index contributed by atoms with van der Waals surface area (Å²) in [7, 11) is 0. The first-order valence-electron chi connectivity index (χ1n) is 11.7. The lowest BCUT2D eigenvalue weighted by molar-refractivity contribution is -0.139. The molecule has 1 saturated heterocycles. The number of hydrogen-bond donors (Lipinski definition) is 1. The smallest absolute Gasteiger partial charge is 0.260 e. The second-order valence-corrected chi connectivity index (χ2v) is 9.97. The molecule has 1 aliphatic carbocycles. The standard InChI is InChI=1S/C25H32N2O4/c1-25(2)23(29)21(26-14-8-13-19(26)28)20-22(31-25)17-11-6-7-12-18(17)27(24(20)30)15-16-9-4-3-5-10-16/h6-7,11-12,16,21,23,29H,3-5,8-10,13-15H2,1-2H3/t21-,23+/m0/s1. The van der Waals surface area contributed by atoms with Crippen LogP contribution in [-0.2, 0) is 11.3 Å².